The Hall–Kier alpha value is -1.10. The summed E-state index contributed by atoms with van der Waals surface area (Å²) in [5.74, 6) is 1.30. The maximum Gasteiger partial charge on any atom is 0.202 e. The first-order chi connectivity index (χ1) is 8.16. The van der Waals surface area contributed by atoms with Crippen molar-refractivity contribution in [3.8, 4) is 0 Å². The topological polar surface area (TPSA) is 56.7 Å². The average molecular weight is 295 g/mol. The van der Waals surface area contributed by atoms with Crippen molar-refractivity contribution in [2.75, 3.05) is 5.73 Å². The molecule has 1 aliphatic carbocycles. The van der Waals surface area contributed by atoms with Crippen molar-refractivity contribution in [2.24, 2.45) is 5.92 Å². The first kappa shape index (κ1) is 11.0. The Morgan fingerprint density at radius 3 is 2.94 bits per heavy atom. The highest BCUT2D eigenvalue weighted by molar-refractivity contribution is 9.10. The number of imidazole rings is 1. The van der Waals surface area contributed by atoms with Gasteiger partial charge in [0, 0.05) is 16.7 Å². The van der Waals surface area contributed by atoms with Gasteiger partial charge >= 0.3 is 0 Å². The van der Waals surface area contributed by atoms with Crippen LogP contribution in [0.25, 0.3) is 11.2 Å². The van der Waals surface area contributed by atoms with E-state index in [0.717, 1.165) is 21.6 Å². The molecule has 2 aromatic rings. The van der Waals surface area contributed by atoms with Crippen LogP contribution in [0.3, 0.4) is 0 Å². The lowest BCUT2D eigenvalue weighted by Crippen LogP contribution is -2.24. The smallest absolute Gasteiger partial charge is 0.202 e. The monoisotopic (exact) mass is 294 g/mol. The molecule has 0 aliphatic heterocycles. The summed E-state index contributed by atoms with van der Waals surface area (Å²) >= 11 is 3.40. The van der Waals surface area contributed by atoms with Gasteiger partial charge in [-0.25, -0.2) is 9.97 Å². The van der Waals surface area contributed by atoms with Gasteiger partial charge in [0.2, 0.25) is 5.95 Å². The number of halogens is 1. The van der Waals surface area contributed by atoms with Crippen LogP contribution in [-0.4, -0.2) is 14.5 Å². The molecule has 1 aliphatic rings. The van der Waals surface area contributed by atoms with Crippen molar-refractivity contribution in [1.29, 1.82) is 0 Å². The van der Waals surface area contributed by atoms with Gasteiger partial charge in [0.05, 0.1) is 0 Å². The average Bonchev–Trinajstić information content (AvgIpc) is 2.50. The van der Waals surface area contributed by atoms with Gasteiger partial charge in [-0.05, 0) is 47.7 Å². The molecule has 0 aromatic carbocycles. The zero-order valence-corrected chi connectivity index (χ0v) is 11.3. The Kier molecular flexibility index (Phi) is 2.58. The second kappa shape index (κ2) is 3.98. The molecule has 0 radical (unpaired) electrons. The quantitative estimate of drug-likeness (QED) is 0.926. The third-order valence-corrected chi connectivity index (χ3v) is 4.20. The number of aromatic nitrogens is 3. The molecule has 3 rings (SSSR count). The molecule has 0 spiro atoms. The molecule has 90 valence electrons. The summed E-state index contributed by atoms with van der Waals surface area (Å²) in [6.45, 7) is 2.21. The van der Waals surface area contributed by atoms with E-state index in [1.54, 1.807) is 6.20 Å². The minimum Gasteiger partial charge on any atom is -0.369 e. The number of nitrogens with zero attached hydrogens (tertiary/aromatic N) is 3. The minimum absolute atomic E-state index is 0.391. The summed E-state index contributed by atoms with van der Waals surface area (Å²) in [5.41, 5.74) is 7.78. The van der Waals surface area contributed by atoms with E-state index in [-0.39, 0.29) is 0 Å². The zero-order valence-electron chi connectivity index (χ0n) is 9.73. The summed E-state index contributed by atoms with van der Waals surface area (Å²) in [7, 11) is 0. The number of pyridine rings is 1. The fraction of sp³-hybridized carbons (Fsp3) is 0.500. The molecular weight excluding hydrogens is 280 g/mol. The SMILES string of the molecule is CC(C1CCC1)n1c(N)nc2cc(Br)cnc21. The van der Waals surface area contributed by atoms with Crippen LogP contribution in [0.2, 0.25) is 0 Å². The van der Waals surface area contributed by atoms with Crippen LogP contribution in [-0.2, 0) is 0 Å². The second-order valence-electron chi connectivity index (χ2n) is 4.77. The van der Waals surface area contributed by atoms with Crippen LogP contribution >= 0.6 is 15.9 Å². The lowest BCUT2D eigenvalue weighted by molar-refractivity contribution is 0.227. The summed E-state index contributed by atoms with van der Waals surface area (Å²) in [6.07, 6.45) is 5.71. The fourth-order valence-corrected chi connectivity index (χ4v) is 2.83. The molecule has 2 N–H and O–H groups in total. The lowest BCUT2D eigenvalue weighted by Gasteiger charge is -2.32. The number of hydrogen-bond acceptors (Lipinski definition) is 3. The first-order valence-corrected chi connectivity index (χ1v) is 6.75. The Labute approximate surface area is 108 Å². The van der Waals surface area contributed by atoms with E-state index in [9.17, 15) is 0 Å². The number of nitrogen functional groups attached to an aromatic ring is 1. The van der Waals surface area contributed by atoms with Crippen molar-refractivity contribution < 1.29 is 0 Å². The Bertz CT molecular complexity index is 559. The highest BCUT2D eigenvalue weighted by Gasteiger charge is 2.27. The van der Waals surface area contributed by atoms with Gasteiger partial charge in [-0.3, -0.25) is 4.57 Å². The molecule has 4 nitrogen and oxygen atoms in total. The Morgan fingerprint density at radius 1 is 1.53 bits per heavy atom. The van der Waals surface area contributed by atoms with Crippen molar-refractivity contribution in [2.45, 2.75) is 32.2 Å². The Morgan fingerprint density at radius 2 is 2.29 bits per heavy atom. The molecule has 2 aromatic heterocycles. The molecule has 0 saturated heterocycles. The third-order valence-electron chi connectivity index (χ3n) is 3.76. The van der Waals surface area contributed by atoms with Gasteiger partial charge in [-0.1, -0.05) is 6.42 Å². The first-order valence-electron chi connectivity index (χ1n) is 5.96. The number of rotatable bonds is 2. The van der Waals surface area contributed by atoms with Crippen LogP contribution < -0.4 is 5.73 Å². The molecule has 2 heterocycles. The summed E-state index contributed by atoms with van der Waals surface area (Å²) in [5, 5.41) is 0. The van der Waals surface area contributed by atoms with Gasteiger partial charge in [0.15, 0.2) is 5.65 Å². The molecule has 0 bridgehead atoms. The maximum atomic E-state index is 6.02. The van der Waals surface area contributed by atoms with Gasteiger partial charge in [0.25, 0.3) is 0 Å². The van der Waals surface area contributed by atoms with E-state index in [2.05, 4.69) is 37.4 Å². The molecule has 1 fully saturated rings. The lowest BCUT2D eigenvalue weighted by atomic mass is 9.80. The molecule has 1 atom stereocenters. The molecule has 17 heavy (non-hydrogen) atoms. The van der Waals surface area contributed by atoms with Crippen molar-refractivity contribution in [3.05, 3.63) is 16.7 Å². The van der Waals surface area contributed by atoms with Gasteiger partial charge in [-0.15, -0.1) is 0 Å². The van der Waals surface area contributed by atoms with E-state index >= 15 is 0 Å². The van der Waals surface area contributed by atoms with E-state index in [1.165, 1.54) is 19.3 Å². The van der Waals surface area contributed by atoms with Crippen molar-refractivity contribution in [1.82, 2.24) is 14.5 Å². The van der Waals surface area contributed by atoms with Crippen LogP contribution in [0.15, 0.2) is 16.7 Å². The van der Waals surface area contributed by atoms with Crippen LogP contribution in [0, 0.1) is 5.92 Å². The number of anilines is 1. The van der Waals surface area contributed by atoms with E-state index < -0.39 is 0 Å². The number of hydrogen-bond donors (Lipinski definition) is 1. The molecule has 1 unspecified atom stereocenters. The largest absolute Gasteiger partial charge is 0.369 e. The normalized spacial score (nSPS) is 18.2. The van der Waals surface area contributed by atoms with Crippen LogP contribution in [0.5, 0.6) is 0 Å². The maximum absolute atomic E-state index is 6.02. The van der Waals surface area contributed by atoms with E-state index in [4.69, 9.17) is 5.73 Å². The molecular formula is C12H15BrN4. The summed E-state index contributed by atoms with van der Waals surface area (Å²) < 4.78 is 3.01. The van der Waals surface area contributed by atoms with E-state index in [1.807, 2.05) is 6.07 Å². The van der Waals surface area contributed by atoms with Crippen molar-refractivity contribution in [3.63, 3.8) is 0 Å². The van der Waals surface area contributed by atoms with Crippen LogP contribution in [0.4, 0.5) is 5.95 Å². The molecule has 0 amide bonds. The standard InChI is InChI=1S/C12H15BrN4/c1-7(8-3-2-4-8)17-11-10(16-12(17)14)5-9(13)6-15-11/h5-8H,2-4H2,1H3,(H2,14,16). The van der Waals surface area contributed by atoms with Crippen molar-refractivity contribution >= 4 is 33.0 Å². The molecule has 1 saturated carbocycles. The predicted octanol–water partition coefficient (Wildman–Crippen LogP) is 3.14. The fourth-order valence-electron chi connectivity index (χ4n) is 2.51. The van der Waals surface area contributed by atoms with Gasteiger partial charge < -0.3 is 5.73 Å². The predicted molar refractivity (Wildman–Crippen MR) is 71.7 cm³/mol. The van der Waals surface area contributed by atoms with E-state index in [0.29, 0.717) is 12.0 Å². The summed E-state index contributed by atoms with van der Waals surface area (Å²) in [6, 6.07) is 2.35. The Balaban J connectivity index is 2.11. The third kappa shape index (κ3) is 1.73. The highest BCUT2D eigenvalue weighted by atomic mass is 79.9. The molecule has 5 heteroatoms. The highest BCUT2D eigenvalue weighted by Crippen LogP contribution is 2.38. The zero-order chi connectivity index (χ0) is 12.0. The number of fused-ring (bicyclic) bond motifs is 1. The number of nitrogens with two attached hydrogens (primary N) is 1. The van der Waals surface area contributed by atoms with Gasteiger partial charge in [-0.2, -0.15) is 0 Å². The minimum atomic E-state index is 0.391. The van der Waals surface area contributed by atoms with Gasteiger partial charge in [0.1, 0.15) is 5.52 Å². The van der Waals surface area contributed by atoms with Crippen LogP contribution in [0.1, 0.15) is 32.2 Å². The summed E-state index contributed by atoms with van der Waals surface area (Å²) in [4.78, 5) is 8.82. The second-order valence-corrected chi connectivity index (χ2v) is 5.68.